The van der Waals surface area contributed by atoms with Gasteiger partial charge in [-0.15, -0.1) is 0 Å². The number of aromatic nitrogens is 3. The number of nitrogens with zero attached hydrogens (tertiary/aromatic N) is 7. The van der Waals surface area contributed by atoms with E-state index >= 15 is 8.42 Å². The van der Waals surface area contributed by atoms with E-state index in [1.165, 1.54) is 38.5 Å². The molecule has 7 aromatic carbocycles. The first-order valence-corrected chi connectivity index (χ1v) is 40.6. The van der Waals surface area contributed by atoms with E-state index < -0.39 is 30.1 Å². The lowest BCUT2D eigenvalue weighted by Crippen LogP contribution is -2.69. The summed E-state index contributed by atoms with van der Waals surface area (Å²) in [6.07, 6.45) is 16.1. The zero-order chi connectivity index (χ0) is 73.0. The third kappa shape index (κ3) is 15.6. The average Bonchev–Trinajstić information content (AvgIpc) is 1.52. The summed E-state index contributed by atoms with van der Waals surface area (Å²) in [6.45, 7) is 34.7. The van der Waals surface area contributed by atoms with E-state index in [4.69, 9.17) is 14.0 Å². The van der Waals surface area contributed by atoms with Crippen LogP contribution in [0.3, 0.4) is 0 Å². The van der Waals surface area contributed by atoms with Crippen molar-refractivity contribution >= 4 is 79.1 Å². The molecule has 0 saturated carbocycles. The smallest absolute Gasteiger partial charge is 0.474 e. The van der Waals surface area contributed by atoms with Gasteiger partial charge in [0.25, 0.3) is 0 Å². The molecular formula is C89H107B2N8O4S+. The van der Waals surface area contributed by atoms with Crippen molar-refractivity contribution in [2.75, 3.05) is 31.0 Å². The number of nitriles is 1. The molecule has 0 fully saturated rings. The van der Waals surface area contributed by atoms with Gasteiger partial charge in [-0.25, -0.2) is 17.7 Å². The van der Waals surface area contributed by atoms with E-state index in [2.05, 4.69) is 220 Å². The Kier molecular flexibility index (Phi) is 24.7. The van der Waals surface area contributed by atoms with Crippen molar-refractivity contribution in [3.05, 3.63) is 221 Å². The topological polar surface area (TPSA) is 119 Å². The molecule has 2 aliphatic heterocycles. The molecule has 1 N–H and O–H groups in total. The molecule has 0 radical (unpaired) electrons. The summed E-state index contributed by atoms with van der Waals surface area (Å²) in [4.78, 5) is 14.0. The van der Waals surface area contributed by atoms with Gasteiger partial charge in [0.1, 0.15) is 11.8 Å². The van der Waals surface area contributed by atoms with Crippen LogP contribution in [0.25, 0.3) is 60.5 Å². The Labute approximate surface area is 620 Å². The summed E-state index contributed by atoms with van der Waals surface area (Å²) < 4.78 is 53.2. The summed E-state index contributed by atoms with van der Waals surface area (Å²) in [5.41, 5.74) is 12.0. The molecule has 10 aromatic rings. The van der Waals surface area contributed by atoms with E-state index in [9.17, 15) is 11.8 Å². The summed E-state index contributed by atoms with van der Waals surface area (Å²) >= 11 is 0. The number of aryl methyl sites for hydroxylation is 2. The van der Waals surface area contributed by atoms with Gasteiger partial charge in [-0.2, -0.15) is 9.57 Å². The zero-order valence-corrected chi connectivity index (χ0v) is 64.1. The standard InChI is InChI=1S/C89H106B2N8O4S/c1-12-20-35-65(16-5)58-95(59-66(17-6)36-21-13-2)60-69-39-33-41-71(55-69)86-82-81(87-76(57-92)88-98(78-54-64(10)50-52-80(78)102-88)91(99(86)87)74-46-31-26-32-47-74)83(70-40-34-48-75(56-70)104(100,101)96(61-67(18-7)37-22-14-3)62-68(19-8)38-23-15-4)94-84(82)85(93-11)89-97(77-53-63(9)49-51-79(77)103-89)90(72-42-27-24-28-43-72)73-44-29-25-30-45-73/h24-34,39-56,65-68,89H,12-23,35-38,58-62H2,1-10H3/p+1/b85-84+. The lowest BCUT2D eigenvalue weighted by molar-refractivity contribution is -0.519. The molecule has 12 nitrogen and oxygen atoms in total. The quantitative estimate of drug-likeness (QED) is 0.0310. The normalized spacial score (nSPS) is 15.0. The molecule has 104 heavy (non-hydrogen) atoms. The van der Waals surface area contributed by atoms with Gasteiger partial charge in [-0.05, 0) is 127 Å². The Morgan fingerprint density at radius 1 is 0.644 bits per heavy atom. The molecule has 5 unspecified atom stereocenters. The van der Waals surface area contributed by atoms with Crippen LogP contribution in [0.5, 0.6) is 5.75 Å². The molecule has 0 aliphatic carbocycles. The first-order valence-electron chi connectivity index (χ1n) is 39.1. The van der Waals surface area contributed by atoms with Crippen molar-refractivity contribution in [2.24, 2.45) is 23.7 Å². The Balaban J connectivity index is 1.22. The molecule has 5 atom stereocenters. The minimum atomic E-state index is -4.14. The van der Waals surface area contributed by atoms with Crippen LogP contribution in [-0.2, 0) is 16.6 Å². The van der Waals surface area contributed by atoms with Crippen molar-refractivity contribution in [3.63, 3.8) is 0 Å². The molecule has 2 aliphatic rings. The van der Waals surface area contributed by atoms with Crippen LogP contribution in [0, 0.1) is 55.4 Å². The number of sulfonamides is 1. The molecule has 538 valence electrons. The molecule has 0 bridgehead atoms. The second-order valence-corrected chi connectivity index (χ2v) is 31.6. The van der Waals surface area contributed by atoms with Crippen LogP contribution < -0.4 is 41.1 Å². The van der Waals surface area contributed by atoms with Crippen LogP contribution in [0.15, 0.2) is 185 Å². The van der Waals surface area contributed by atoms with Gasteiger partial charge in [0.15, 0.2) is 11.8 Å². The number of benzene rings is 7. The number of hydrogen-bond donors (Lipinski definition) is 1. The highest BCUT2D eigenvalue weighted by atomic mass is 32.2. The number of aromatic amines is 1. The second-order valence-electron chi connectivity index (χ2n) is 29.7. The van der Waals surface area contributed by atoms with Crippen LogP contribution in [-0.4, -0.2) is 73.3 Å². The van der Waals surface area contributed by atoms with Gasteiger partial charge in [-0.1, -0.05) is 277 Å². The SMILES string of the molecule is [C-]#[N+]/C(=c1/[nH]c(-c2cccc(S(=O)(=O)N(CC(CC)CCCC)CC(CC)CCCC)c2)c2c3n(c(-c4cccc(CN(CC(CC)CCCC)CC(CC)CCCC)c4)c12)B(c1ccccc1)[n+]1c(oc2ccc(C)cc21)C=3C#N)C1Oc2ccc(C)cc2N1B(c1ccccc1)c1ccccc1. The highest BCUT2D eigenvalue weighted by Gasteiger charge is 2.51. The number of oxazole rings is 1. The minimum absolute atomic E-state index is 0.189. The molecule has 3 aromatic heterocycles. The largest absolute Gasteiger partial charge is 0.660 e. The summed E-state index contributed by atoms with van der Waals surface area (Å²) in [5.74, 6) is 2.53. The first-order chi connectivity index (χ1) is 50.7. The van der Waals surface area contributed by atoms with Gasteiger partial charge in [0, 0.05) is 55.0 Å². The Bertz CT molecular complexity index is 4850. The van der Waals surface area contributed by atoms with Crippen LogP contribution in [0.4, 0.5) is 5.69 Å². The minimum Gasteiger partial charge on any atom is -0.474 e. The number of hydrogen-bond acceptors (Lipinski definition) is 7. The molecular weight excluding hydrogens is 1300 g/mol. The Morgan fingerprint density at radius 2 is 1.19 bits per heavy atom. The highest BCUT2D eigenvalue weighted by Crippen LogP contribution is 2.43. The second kappa shape index (κ2) is 34.4. The van der Waals surface area contributed by atoms with E-state index in [1.54, 1.807) is 6.07 Å². The van der Waals surface area contributed by atoms with Gasteiger partial charge in [0.05, 0.1) is 39.2 Å². The molecule has 0 amide bonds. The number of fused-ring (bicyclic) bond motifs is 7. The molecule has 12 rings (SSSR count). The van der Waals surface area contributed by atoms with E-state index in [1.807, 2.05) is 52.8 Å². The molecule has 15 heteroatoms. The first kappa shape index (κ1) is 74.9. The van der Waals surface area contributed by atoms with Gasteiger partial charge in [-0.3, -0.25) is 4.90 Å². The predicted octanol–water partition coefficient (Wildman–Crippen LogP) is 17.5. The zero-order valence-electron chi connectivity index (χ0n) is 63.3. The molecule has 5 heterocycles. The predicted molar refractivity (Wildman–Crippen MR) is 432 cm³/mol. The maximum atomic E-state index is 16.1. The van der Waals surface area contributed by atoms with Crippen molar-refractivity contribution in [2.45, 2.75) is 190 Å². The fraction of sp³-hybridized carbons (Fsp3) is 0.404. The van der Waals surface area contributed by atoms with Crippen molar-refractivity contribution in [1.82, 2.24) is 18.7 Å². The van der Waals surface area contributed by atoms with Crippen molar-refractivity contribution in [1.29, 1.82) is 5.26 Å². The third-order valence-electron chi connectivity index (χ3n) is 22.4. The number of rotatable bonds is 35. The Hall–Kier alpha value is -8.85. The van der Waals surface area contributed by atoms with E-state index in [0.29, 0.717) is 86.1 Å². The number of anilines is 1. The van der Waals surface area contributed by atoms with Crippen LogP contribution in [0.1, 0.15) is 181 Å². The summed E-state index contributed by atoms with van der Waals surface area (Å²) in [7, 11) is -4.14. The molecule has 0 saturated heterocycles. The lowest BCUT2D eigenvalue weighted by atomic mass is 9.48. The highest BCUT2D eigenvalue weighted by molar-refractivity contribution is 7.89. The van der Waals surface area contributed by atoms with Crippen molar-refractivity contribution in [3.8, 4) is 34.3 Å². The number of H-pyrrole nitrogens is 1. The fourth-order valence-corrected chi connectivity index (χ4v) is 18.2. The Morgan fingerprint density at radius 3 is 1.76 bits per heavy atom. The van der Waals surface area contributed by atoms with E-state index in [0.717, 1.165) is 139 Å². The average molecular weight is 1410 g/mol. The van der Waals surface area contributed by atoms with Gasteiger partial charge >= 0.3 is 19.7 Å². The van der Waals surface area contributed by atoms with Gasteiger partial charge < -0.3 is 23.4 Å². The lowest BCUT2D eigenvalue weighted by Gasteiger charge is -2.32. The third-order valence-corrected chi connectivity index (χ3v) is 24.2. The number of ether oxygens (including phenoxy) is 1. The fourth-order valence-electron chi connectivity index (χ4n) is 16.5. The van der Waals surface area contributed by atoms with Crippen molar-refractivity contribution < 1.29 is 22.0 Å². The number of unbranched alkanes of at least 4 members (excludes halogenated alkanes) is 4. The maximum Gasteiger partial charge on any atom is 0.660 e. The summed E-state index contributed by atoms with van der Waals surface area (Å²) in [5, 5.41) is 14.8. The molecule has 0 spiro atoms. The van der Waals surface area contributed by atoms with Gasteiger partial charge in [0.2, 0.25) is 26.8 Å². The van der Waals surface area contributed by atoms with Crippen LogP contribution >= 0.6 is 0 Å². The monoisotopic (exact) mass is 1410 g/mol. The number of nitrogens with one attached hydrogen (secondary N) is 1. The van der Waals surface area contributed by atoms with E-state index in [-0.39, 0.29) is 16.7 Å². The maximum absolute atomic E-state index is 16.1. The van der Waals surface area contributed by atoms with Crippen LogP contribution in [0.2, 0.25) is 0 Å². The summed E-state index contributed by atoms with van der Waals surface area (Å²) in [6, 6.07) is 63.2.